The molecule has 4 nitrogen and oxygen atoms in total. The van der Waals surface area contributed by atoms with E-state index in [0.717, 1.165) is 23.3 Å². The fourth-order valence-corrected chi connectivity index (χ4v) is 3.48. The van der Waals surface area contributed by atoms with Crippen molar-refractivity contribution in [1.29, 1.82) is 0 Å². The standard InChI is InChI=1S/C14H14BrFN2O2S/c1-8-3-4-10(5-9(8)2)18-21(19,20)14-6-11(15)12(16)7-13(14)17/h3-7,18H,17H2,1-2H3. The highest BCUT2D eigenvalue weighted by atomic mass is 79.9. The first-order chi connectivity index (χ1) is 9.70. The van der Waals surface area contributed by atoms with Crippen molar-refractivity contribution in [3.63, 3.8) is 0 Å². The molecule has 0 aliphatic heterocycles. The largest absolute Gasteiger partial charge is 0.398 e. The second-order valence-electron chi connectivity index (χ2n) is 4.71. The number of halogens is 2. The highest BCUT2D eigenvalue weighted by Gasteiger charge is 2.20. The van der Waals surface area contributed by atoms with Gasteiger partial charge in [0.05, 0.1) is 10.2 Å². The van der Waals surface area contributed by atoms with E-state index in [9.17, 15) is 12.8 Å². The molecule has 0 atom stereocenters. The molecule has 0 spiro atoms. The van der Waals surface area contributed by atoms with E-state index in [2.05, 4.69) is 20.7 Å². The molecule has 2 aromatic carbocycles. The molecule has 0 aliphatic carbocycles. The molecule has 0 unspecified atom stereocenters. The minimum Gasteiger partial charge on any atom is -0.398 e. The zero-order chi connectivity index (χ0) is 15.8. The van der Waals surface area contributed by atoms with Gasteiger partial charge in [-0.05, 0) is 65.2 Å². The van der Waals surface area contributed by atoms with Crippen molar-refractivity contribution in [3.05, 3.63) is 51.7 Å². The molecule has 21 heavy (non-hydrogen) atoms. The summed E-state index contributed by atoms with van der Waals surface area (Å²) in [7, 11) is -3.88. The second kappa shape index (κ2) is 5.65. The Morgan fingerprint density at radius 1 is 1.14 bits per heavy atom. The minimum atomic E-state index is -3.88. The van der Waals surface area contributed by atoms with Gasteiger partial charge in [0.2, 0.25) is 0 Å². The Bertz CT molecular complexity index is 807. The maximum Gasteiger partial charge on any atom is 0.263 e. The van der Waals surface area contributed by atoms with E-state index >= 15 is 0 Å². The van der Waals surface area contributed by atoms with Crippen LogP contribution >= 0.6 is 15.9 Å². The van der Waals surface area contributed by atoms with Gasteiger partial charge in [0.15, 0.2) is 0 Å². The maximum absolute atomic E-state index is 13.3. The van der Waals surface area contributed by atoms with E-state index in [1.54, 1.807) is 12.1 Å². The van der Waals surface area contributed by atoms with Crippen LogP contribution in [-0.2, 0) is 10.0 Å². The first-order valence-corrected chi connectivity index (χ1v) is 8.33. The Kier molecular flexibility index (Phi) is 4.25. The molecule has 3 N–H and O–H groups in total. The van der Waals surface area contributed by atoms with Gasteiger partial charge in [-0.1, -0.05) is 6.07 Å². The summed E-state index contributed by atoms with van der Waals surface area (Å²) in [6.07, 6.45) is 0. The van der Waals surface area contributed by atoms with Crippen molar-refractivity contribution in [1.82, 2.24) is 0 Å². The zero-order valence-electron chi connectivity index (χ0n) is 11.4. The van der Waals surface area contributed by atoms with E-state index in [1.807, 2.05) is 19.9 Å². The third-order valence-electron chi connectivity index (χ3n) is 3.10. The number of benzene rings is 2. The summed E-state index contributed by atoms with van der Waals surface area (Å²) in [6.45, 7) is 3.82. The van der Waals surface area contributed by atoms with Crippen LogP contribution in [0.4, 0.5) is 15.8 Å². The second-order valence-corrected chi connectivity index (χ2v) is 7.21. The van der Waals surface area contributed by atoms with Crippen LogP contribution in [0.3, 0.4) is 0 Å². The van der Waals surface area contributed by atoms with Crippen LogP contribution in [-0.4, -0.2) is 8.42 Å². The molecular weight excluding hydrogens is 359 g/mol. The topological polar surface area (TPSA) is 72.2 Å². The third kappa shape index (κ3) is 3.36. The summed E-state index contributed by atoms with van der Waals surface area (Å²) in [5.74, 6) is -0.613. The number of nitrogens with two attached hydrogens (primary N) is 1. The molecule has 0 saturated heterocycles. The zero-order valence-corrected chi connectivity index (χ0v) is 13.8. The first kappa shape index (κ1) is 15.8. The smallest absolute Gasteiger partial charge is 0.263 e. The average Bonchev–Trinajstić information content (AvgIpc) is 2.37. The maximum atomic E-state index is 13.3. The lowest BCUT2D eigenvalue weighted by Crippen LogP contribution is -2.15. The number of aryl methyl sites for hydroxylation is 2. The molecule has 0 amide bonds. The molecule has 2 aromatic rings. The summed E-state index contributed by atoms with van der Waals surface area (Å²) in [6, 6.07) is 7.32. The van der Waals surface area contributed by atoms with Gasteiger partial charge in [0.25, 0.3) is 10.0 Å². The molecule has 0 bridgehead atoms. The third-order valence-corrected chi connectivity index (χ3v) is 5.15. The van der Waals surface area contributed by atoms with Gasteiger partial charge < -0.3 is 5.73 Å². The lowest BCUT2D eigenvalue weighted by atomic mass is 10.1. The van der Waals surface area contributed by atoms with Gasteiger partial charge >= 0.3 is 0 Å². The Balaban J connectivity index is 2.43. The van der Waals surface area contributed by atoms with Crippen molar-refractivity contribution in [3.8, 4) is 0 Å². The summed E-state index contributed by atoms with van der Waals surface area (Å²) >= 11 is 2.96. The van der Waals surface area contributed by atoms with E-state index in [0.29, 0.717) is 5.69 Å². The van der Waals surface area contributed by atoms with Crippen molar-refractivity contribution in [2.24, 2.45) is 0 Å². The lowest BCUT2D eigenvalue weighted by Gasteiger charge is -2.12. The Hall–Kier alpha value is -1.60. The van der Waals surface area contributed by atoms with E-state index in [4.69, 9.17) is 5.73 Å². The highest BCUT2D eigenvalue weighted by Crippen LogP contribution is 2.28. The Labute approximate surface area is 131 Å². The molecule has 0 aliphatic rings. The molecule has 0 saturated carbocycles. The molecule has 0 aromatic heterocycles. The van der Waals surface area contributed by atoms with Crippen molar-refractivity contribution < 1.29 is 12.8 Å². The normalized spacial score (nSPS) is 11.4. The number of nitrogen functional groups attached to an aromatic ring is 1. The SMILES string of the molecule is Cc1ccc(NS(=O)(=O)c2cc(Br)c(F)cc2N)cc1C. The molecule has 0 fully saturated rings. The van der Waals surface area contributed by atoms with Gasteiger partial charge in [0.1, 0.15) is 10.7 Å². The van der Waals surface area contributed by atoms with E-state index < -0.39 is 15.8 Å². The minimum absolute atomic E-state index is 0.0390. The number of hydrogen-bond acceptors (Lipinski definition) is 3. The number of rotatable bonds is 3. The van der Waals surface area contributed by atoms with E-state index in [-0.39, 0.29) is 15.1 Å². The van der Waals surface area contributed by atoms with Gasteiger partial charge in [-0.2, -0.15) is 0 Å². The number of anilines is 2. The summed E-state index contributed by atoms with van der Waals surface area (Å²) < 4.78 is 40.5. The predicted molar refractivity (Wildman–Crippen MR) is 85.2 cm³/mol. The van der Waals surface area contributed by atoms with Crippen LogP contribution in [0.5, 0.6) is 0 Å². The van der Waals surface area contributed by atoms with Gasteiger partial charge in [0, 0.05) is 5.69 Å². The molecule has 0 radical (unpaired) electrons. The van der Waals surface area contributed by atoms with Gasteiger partial charge in [-0.15, -0.1) is 0 Å². The van der Waals surface area contributed by atoms with Crippen LogP contribution in [0.1, 0.15) is 11.1 Å². The highest BCUT2D eigenvalue weighted by molar-refractivity contribution is 9.10. The van der Waals surface area contributed by atoms with Crippen molar-refractivity contribution >= 4 is 37.3 Å². The van der Waals surface area contributed by atoms with Crippen LogP contribution in [0, 0.1) is 19.7 Å². The first-order valence-electron chi connectivity index (χ1n) is 6.05. The quantitative estimate of drug-likeness (QED) is 0.808. The van der Waals surface area contributed by atoms with Crippen molar-refractivity contribution in [2.75, 3.05) is 10.5 Å². The molecule has 112 valence electrons. The molecule has 7 heteroatoms. The summed E-state index contributed by atoms with van der Waals surface area (Å²) in [4.78, 5) is -0.172. The number of nitrogens with one attached hydrogen (secondary N) is 1. The monoisotopic (exact) mass is 372 g/mol. The van der Waals surface area contributed by atoms with E-state index in [1.165, 1.54) is 0 Å². The van der Waals surface area contributed by atoms with Crippen LogP contribution in [0.2, 0.25) is 0 Å². The number of sulfonamides is 1. The lowest BCUT2D eigenvalue weighted by molar-refractivity contribution is 0.599. The van der Waals surface area contributed by atoms with Crippen LogP contribution in [0.15, 0.2) is 39.7 Å². The fourth-order valence-electron chi connectivity index (χ4n) is 1.79. The Morgan fingerprint density at radius 3 is 2.43 bits per heavy atom. The Morgan fingerprint density at radius 2 is 1.81 bits per heavy atom. The average molecular weight is 373 g/mol. The summed E-state index contributed by atoms with van der Waals surface area (Å²) in [5.41, 5.74) is 7.91. The molecule has 2 rings (SSSR count). The van der Waals surface area contributed by atoms with Crippen molar-refractivity contribution in [2.45, 2.75) is 18.7 Å². The fraction of sp³-hybridized carbons (Fsp3) is 0.143. The molecule has 0 heterocycles. The summed E-state index contributed by atoms with van der Waals surface area (Å²) in [5, 5.41) is 0. The predicted octanol–water partition coefficient (Wildman–Crippen LogP) is 3.59. The molecular formula is C14H14BrFN2O2S. The van der Waals surface area contributed by atoms with Gasteiger partial charge in [-0.25, -0.2) is 12.8 Å². The van der Waals surface area contributed by atoms with Gasteiger partial charge in [-0.3, -0.25) is 4.72 Å². The van der Waals surface area contributed by atoms with Crippen LogP contribution < -0.4 is 10.5 Å². The number of hydrogen-bond donors (Lipinski definition) is 2. The van der Waals surface area contributed by atoms with Crippen LogP contribution in [0.25, 0.3) is 0 Å².